The van der Waals surface area contributed by atoms with E-state index in [9.17, 15) is 24.3 Å². The number of aromatic nitrogens is 1. The van der Waals surface area contributed by atoms with Gasteiger partial charge in [0.25, 0.3) is 5.91 Å². The van der Waals surface area contributed by atoms with Crippen molar-refractivity contribution in [1.82, 2.24) is 25.8 Å². The van der Waals surface area contributed by atoms with Crippen LogP contribution in [0.2, 0.25) is 0 Å². The van der Waals surface area contributed by atoms with E-state index in [1.807, 2.05) is 69.3 Å². The highest BCUT2D eigenvalue weighted by atomic mass is 16.3. The second-order valence-corrected chi connectivity index (χ2v) is 14.7. The lowest BCUT2D eigenvalue weighted by Crippen LogP contribution is -2.61. The monoisotopic (exact) mass is 670 g/mol. The molecule has 6 N–H and O–H groups in total. The molecule has 1 aromatic heterocycles. The molecule has 1 aliphatic heterocycles. The van der Waals surface area contributed by atoms with Gasteiger partial charge in [0.15, 0.2) is 0 Å². The van der Waals surface area contributed by atoms with Crippen molar-refractivity contribution >= 4 is 34.5 Å². The summed E-state index contributed by atoms with van der Waals surface area (Å²) in [4.78, 5) is 59.3. The number of primary amides is 1. The number of pyridine rings is 1. The Morgan fingerprint density at radius 3 is 2.35 bits per heavy atom. The summed E-state index contributed by atoms with van der Waals surface area (Å²) in [7, 11) is 0. The number of nitrogens with zero attached hydrogens (tertiary/aromatic N) is 2. The summed E-state index contributed by atoms with van der Waals surface area (Å²) in [5, 5.41) is 21.4. The summed E-state index contributed by atoms with van der Waals surface area (Å²) in [5.41, 5.74) is 6.70. The Morgan fingerprint density at radius 2 is 1.63 bits per heavy atom. The second kappa shape index (κ2) is 15.9. The van der Waals surface area contributed by atoms with E-state index in [0.717, 1.165) is 36.6 Å². The van der Waals surface area contributed by atoms with E-state index in [1.165, 1.54) is 6.42 Å². The molecule has 0 bridgehead atoms. The Balaban J connectivity index is 1.35. The molecule has 262 valence electrons. The molecule has 0 spiro atoms. The van der Waals surface area contributed by atoms with Crippen molar-refractivity contribution in [2.75, 3.05) is 13.1 Å². The summed E-state index contributed by atoms with van der Waals surface area (Å²) in [6.45, 7) is 6.73. The van der Waals surface area contributed by atoms with Crippen molar-refractivity contribution in [2.45, 2.75) is 95.5 Å². The minimum atomic E-state index is -1.30. The van der Waals surface area contributed by atoms with Crippen LogP contribution in [0.15, 0.2) is 66.7 Å². The molecule has 49 heavy (non-hydrogen) atoms. The molecule has 11 nitrogen and oxygen atoms in total. The number of piperidine rings is 1. The Morgan fingerprint density at radius 1 is 0.939 bits per heavy atom. The summed E-state index contributed by atoms with van der Waals surface area (Å²) < 4.78 is 0. The maximum atomic E-state index is 13.8. The van der Waals surface area contributed by atoms with E-state index < -0.39 is 53.9 Å². The van der Waals surface area contributed by atoms with Crippen LogP contribution in [0.5, 0.6) is 0 Å². The smallest absolute Gasteiger partial charge is 0.270 e. The van der Waals surface area contributed by atoms with E-state index in [-0.39, 0.29) is 24.6 Å². The molecule has 2 heterocycles. The first-order chi connectivity index (χ1) is 23.4. The van der Waals surface area contributed by atoms with E-state index in [1.54, 1.807) is 18.2 Å². The van der Waals surface area contributed by atoms with Gasteiger partial charge >= 0.3 is 0 Å². The average Bonchev–Trinajstić information content (AvgIpc) is 3.06. The van der Waals surface area contributed by atoms with Crippen LogP contribution in [0, 0.1) is 11.8 Å². The molecule has 4 amide bonds. The number of carbonyl (C=O) groups excluding carboxylic acids is 4. The lowest BCUT2D eigenvalue weighted by atomic mass is 9.72. The number of benzene rings is 2. The SMILES string of the molecule is CC(C)(C)NC(=O)[C@@H]1C[C@@H]2CCCC[C@@H]2CN1C[C@@H](O)[C@H](Cc1ccccc1)NC(=O)[C@@H](CC(N)=O)NC(=O)c1ccc2ccccc2n1. The van der Waals surface area contributed by atoms with Crippen LogP contribution in [-0.4, -0.2) is 81.5 Å². The van der Waals surface area contributed by atoms with Gasteiger partial charge in [-0.05, 0) is 69.6 Å². The van der Waals surface area contributed by atoms with E-state index in [0.29, 0.717) is 23.9 Å². The molecule has 0 radical (unpaired) electrons. The molecule has 6 atom stereocenters. The number of aliphatic hydroxyl groups excluding tert-OH is 1. The second-order valence-electron chi connectivity index (χ2n) is 14.7. The highest BCUT2D eigenvalue weighted by Gasteiger charge is 2.42. The molecule has 0 unspecified atom stereocenters. The summed E-state index contributed by atoms with van der Waals surface area (Å²) in [6, 6.07) is 17.6. The third-order valence-electron chi connectivity index (χ3n) is 9.67. The summed E-state index contributed by atoms with van der Waals surface area (Å²) >= 11 is 0. The van der Waals surface area contributed by atoms with Crippen molar-refractivity contribution in [3.05, 3.63) is 78.0 Å². The van der Waals surface area contributed by atoms with Gasteiger partial charge < -0.3 is 26.8 Å². The lowest BCUT2D eigenvalue weighted by molar-refractivity contribution is -0.133. The topological polar surface area (TPSA) is 167 Å². The number of nitrogens with one attached hydrogen (secondary N) is 3. The minimum absolute atomic E-state index is 0.0566. The molecular weight excluding hydrogens is 620 g/mol. The van der Waals surface area contributed by atoms with Crippen molar-refractivity contribution in [3.63, 3.8) is 0 Å². The van der Waals surface area contributed by atoms with Crippen LogP contribution < -0.4 is 21.7 Å². The van der Waals surface area contributed by atoms with Crippen molar-refractivity contribution in [1.29, 1.82) is 0 Å². The van der Waals surface area contributed by atoms with Crippen molar-refractivity contribution in [2.24, 2.45) is 17.6 Å². The van der Waals surface area contributed by atoms with Crippen LogP contribution in [0.25, 0.3) is 10.9 Å². The van der Waals surface area contributed by atoms with Crippen molar-refractivity contribution < 1.29 is 24.3 Å². The number of nitrogens with two attached hydrogens (primary N) is 1. The molecule has 2 aliphatic rings. The zero-order valence-electron chi connectivity index (χ0n) is 28.7. The quantitative estimate of drug-likeness (QED) is 0.198. The normalized spacial score (nSPS) is 21.5. The molecule has 1 saturated heterocycles. The Kier molecular flexibility index (Phi) is 11.7. The third-order valence-corrected chi connectivity index (χ3v) is 9.67. The van der Waals surface area contributed by atoms with E-state index >= 15 is 0 Å². The van der Waals surface area contributed by atoms with Gasteiger partial charge in [-0.2, -0.15) is 0 Å². The minimum Gasteiger partial charge on any atom is -0.390 e. The Labute approximate surface area is 288 Å². The van der Waals surface area contributed by atoms with Gasteiger partial charge in [-0.15, -0.1) is 0 Å². The molecule has 2 aromatic carbocycles. The molecule has 1 saturated carbocycles. The third kappa shape index (κ3) is 9.86. The van der Waals surface area contributed by atoms with Gasteiger partial charge in [0.05, 0.1) is 30.1 Å². The first-order valence-electron chi connectivity index (χ1n) is 17.4. The number of fused-ring (bicyclic) bond motifs is 2. The fourth-order valence-corrected chi connectivity index (χ4v) is 7.26. The Hall–Kier alpha value is -4.35. The largest absolute Gasteiger partial charge is 0.390 e. The number of hydrogen-bond acceptors (Lipinski definition) is 7. The molecule has 11 heteroatoms. The summed E-state index contributed by atoms with van der Waals surface area (Å²) in [6.07, 6.45) is 4.03. The van der Waals surface area contributed by atoms with E-state index in [4.69, 9.17) is 5.73 Å². The number of rotatable bonds is 12. The number of β-amino-alcohol motifs (C(OH)–C–C–N with tert-alkyl or cyclic N) is 1. The van der Waals surface area contributed by atoms with Gasteiger partial charge in [-0.1, -0.05) is 73.9 Å². The number of likely N-dealkylation sites (tertiary alicyclic amines) is 1. The predicted molar refractivity (Wildman–Crippen MR) is 188 cm³/mol. The first-order valence-corrected chi connectivity index (χ1v) is 17.4. The molecule has 1 aliphatic carbocycles. The number of hydrogen-bond donors (Lipinski definition) is 5. The standard InChI is InChI=1S/C38H50N6O5/c1-38(2,3)43-37(49)32-20-26-14-7-8-15-27(26)22-44(32)23-33(45)30(19-24-11-5-4-6-12-24)41-36(48)31(21-34(39)46)42-35(47)29-18-17-25-13-9-10-16-28(25)40-29/h4-6,9-13,16-18,26-27,30-33,45H,7-8,14-15,19-23H2,1-3H3,(H2,39,46)(H,41,48)(H,42,47)(H,43,49)/t26-,27+,30-,31+,32-,33+/m0/s1. The van der Waals surface area contributed by atoms with Crippen LogP contribution in [0.3, 0.4) is 0 Å². The zero-order chi connectivity index (χ0) is 35.1. The average molecular weight is 671 g/mol. The van der Waals surface area contributed by atoms with Gasteiger partial charge in [0.2, 0.25) is 17.7 Å². The van der Waals surface area contributed by atoms with Crippen LogP contribution >= 0.6 is 0 Å². The Bertz CT molecular complexity index is 1630. The fraction of sp³-hybridized carbons (Fsp3) is 0.500. The number of para-hydroxylation sites is 1. The molecule has 3 aromatic rings. The number of amides is 4. The van der Waals surface area contributed by atoms with Crippen molar-refractivity contribution in [3.8, 4) is 0 Å². The molecule has 2 fully saturated rings. The maximum Gasteiger partial charge on any atom is 0.270 e. The van der Waals surface area contributed by atoms with Gasteiger partial charge in [0, 0.05) is 24.0 Å². The van der Waals surface area contributed by atoms with Gasteiger partial charge in [-0.25, -0.2) is 4.98 Å². The van der Waals surface area contributed by atoms with Crippen LogP contribution in [-0.2, 0) is 20.8 Å². The maximum absolute atomic E-state index is 13.8. The number of aliphatic hydroxyl groups is 1. The van der Waals surface area contributed by atoms with Gasteiger partial charge in [-0.3, -0.25) is 24.1 Å². The first kappa shape index (κ1) is 35.9. The highest BCUT2D eigenvalue weighted by Crippen LogP contribution is 2.39. The molecule has 5 rings (SSSR count). The summed E-state index contributed by atoms with van der Waals surface area (Å²) in [5.74, 6) is -1.20. The van der Waals surface area contributed by atoms with E-state index in [2.05, 4.69) is 25.8 Å². The highest BCUT2D eigenvalue weighted by molar-refractivity contribution is 5.99. The van der Waals surface area contributed by atoms with Gasteiger partial charge in [0.1, 0.15) is 11.7 Å². The van der Waals surface area contributed by atoms with Crippen LogP contribution in [0.1, 0.15) is 75.3 Å². The molecular formula is C38H50N6O5. The van der Waals surface area contributed by atoms with Crippen LogP contribution in [0.4, 0.5) is 0 Å². The zero-order valence-corrected chi connectivity index (χ0v) is 28.7. The fourth-order valence-electron chi connectivity index (χ4n) is 7.26. The lowest BCUT2D eigenvalue weighted by Gasteiger charge is -2.47. The number of carbonyl (C=O) groups is 4. The predicted octanol–water partition coefficient (Wildman–Crippen LogP) is 3.09.